The average molecular weight is 229 g/mol. The number of nitrogens with one attached hydrogen (secondary N) is 1. The Morgan fingerprint density at radius 2 is 2.13 bits per heavy atom. The second kappa shape index (κ2) is 5.05. The van der Waals surface area contributed by atoms with Crippen LogP contribution in [0.3, 0.4) is 0 Å². The summed E-state index contributed by atoms with van der Waals surface area (Å²) in [5.41, 5.74) is 0.403. The van der Waals surface area contributed by atoms with Gasteiger partial charge < -0.3 is 15.1 Å². The van der Waals surface area contributed by atoms with Crippen molar-refractivity contribution in [1.82, 2.24) is 0 Å². The number of halogens is 1. The molecular weight excluding hydrogens is 214 g/mol. The molecule has 0 fully saturated rings. The Kier molecular flexibility index (Phi) is 4.00. The van der Waals surface area contributed by atoms with Crippen LogP contribution in [0.15, 0.2) is 24.3 Å². The van der Waals surface area contributed by atoms with Crippen LogP contribution in [0.4, 0.5) is 0 Å². The number of rotatable bonds is 3. The smallest absolute Gasteiger partial charge is 0.128 e. The summed E-state index contributed by atoms with van der Waals surface area (Å²) in [7, 11) is 3.96. The highest BCUT2D eigenvalue weighted by molar-refractivity contribution is 6.30. The van der Waals surface area contributed by atoms with E-state index in [1.54, 1.807) is 18.2 Å². The number of hydrogen-bond donors (Lipinski definition) is 3. The summed E-state index contributed by atoms with van der Waals surface area (Å²) in [6.45, 7) is 0.688. The maximum Gasteiger partial charge on any atom is 0.128 e. The first-order chi connectivity index (χ1) is 7.00. The number of likely N-dealkylation sites (N-methyl/N-ethyl adjacent to an activating group) is 1. The van der Waals surface area contributed by atoms with Crippen molar-refractivity contribution in [2.45, 2.75) is 0 Å². The summed E-state index contributed by atoms with van der Waals surface area (Å²) >= 11 is 5.68. The Morgan fingerprint density at radius 1 is 1.47 bits per heavy atom. The number of phenolic OH excluding ortho intramolecular Hbond substituents is 1. The van der Waals surface area contributed by atoms with Gasteiger partial charge in [-0.05, 0) is 18.2 Å². The molecule has 0 heterocycles. The summed E-state index contributed by atoms with van der Waals surface area (Å²) in [4.78, 5) is 1.19. The Bertz CT molecular complexity index is 375. The van der Waals surface area contributed by atoms with E-state index in [0.29, 0.717) is 17.1 Å². The number of quaternary nitrogens is 1. The van der Waals surface area contributed by atoms with Gasteiger partial charge in [0, 0.05) is 11.1 Å². The molecule has 3 N–H and O–H groups in total. The van der Waals surface area contributed by atoms with Crippen LogP contribution in [0.1, 0.15) is 5.56 Å². The monoisotopic (exact) mass is 228 g/mol. The number of aliphatic hydroxyl groups excluding tert-OH is 1. The van der Waals surface area contributed by atoms with Gasteiger partial charge in [-0.15, -0.1) is 0 Å². The number of benzene rings is 1. The van der Waals surface area contributed by atoms with Gasteiger partial charge in [0.2, 0.25) is 0 Å². The maximum atomic E-state index is 9.69. The van der Waals surface area contributed by atoms with E-state index in [2.05, 4.69) is 0 Å². The van der Waals surface area contributed by atoms with Gasteiger partial charge in [-0.1, -0.05) is 11.6 Å². The molecule has 1 aromatic rings. The molecule has 0 radical (unpaired) electrons. The fourth-order valence-electron chi connectivity index (χ4n) is 1.13. The summed E-state index contributed by atoms with van der Waals surface area (Å²) in [6.07, 6.45) is 1.66. The standard InChI is InChI=1S/C11H14ClNO2/c1-13(2)6-5-10(14)9-4-3-8(12)7-11(9)15/h3-5,7,14-15H,6H2,1-2H3/p+1/b10-5-. The van der Waals surface area contributed by atoms with Gasteiger partial charge >= 0.3 is 0 Å². The van der Waals surface area contributed by atoms with E-state index in [-0.39, 0.29) is 11.5 Å². The predicted octanol–water partition coefficient (Wildman–Crippen LogP) is 1.09. The summed E-state index contributed by atoms with van der Waals surface area (Å²) in [5, 5.41) is 19.7. The zero-order valence-electron chi connectivity index (χ0n) is 8.79. The molecule has 0 saturated heterocycles. The van der Waals surface area contributed by atoms with Crippen molar-refractivity contribution in [3.05, 3.63) is 34.9 Å². The van der Waals surface area contributed by atoms with Gasteiger partial charge in [-0.3, -0.25) is 0 Å². The molecule has 0 aliphatic rings. The Hall–Kier alpha value is -1.19. The highest BCUT2D eigenvalue weighted by Gasteiger charge is 2.06. The van der Waals surface area contributed by atoms with Crippen LogP contribution in [0, 0.1) is 0 Å². The SMILES string of the molecule is C[NH+](C)C/C=C(\O)c1ccc(Cl)cc1O. The molecule has 0 aliphatic carbocycles. The van der Waals surface area contributed by atoms with Crippen molar-refractivity contribution < 1.29 is 15.1 Å². The predicted molar refractivity (Wildman–Crippen MR) is 61.4 cm³/mol. The molecule has 0 unspecified atom stereocenters. The van der Waals surface area contributed by atoms with Crippen LogP contribution in [0.25, 0.3) is 5.76 Å². The molecule has 3 nitrogen and oxygen atoms in total. The van der Waals surface area contributed by atoms with Crippen molar-refractivity contribution in [3.8, 4) is 5.75 Å². The molecule has 0 aromatic heterocycles. The minimum atomic E-state index is -0.00925. The lowest BCUT2D eigenvalue weighted by Gasteiger charge is -2.06. The van der Waals surface area contributed by atoms with E-state index in [1.165, 1.54) is 11.0 Å². The third kappa shape index (κ3) is 3.46. The number of phenols is 1. The largest absolute Gasteiger partial charge is 0.507 e. The van der Waals surface area contributed by atoms with E-state index in [0.717, 1.165) is 0 Å². The lowest BCUT2D eigenvalue weighted by molar-refractivity contribution is -0.851. The average Bonchev–Trinajstić information content (AvgIpc) is 2.14. The fourth-order valence-corrected chi connectivity index (χ4v) is 1.30. The van der Waals surface area contributed by atoms with Crippen LogP contribution in [0.5, 0.6) is 5.75 Å². The second-order valence-electron chi connectivity index (χ2n) is 3.66. The van der Waals surface area contributed by atoms with Crippen LogP contribution in [-0.2, 0) is 0 Å². The molecule has 15 heavy (non-hydrogen) atoms. The van der Waals surface area contributed by atoms with Gasteiger partial charge in [0.25, 0.3) is 0 Å². The van der Waals surface area contributed by atoms with E-state index in [9.17, 15) is 10.2 Å². The molecule has 4 heteroatoms. The number of aromatic hydroxyl groups is 1. The number of hydrogen-bond acceptors (Lipinski definition) is 2. The minimum Gasteiger partial charge on any atom is -0.507 e. The zero-order valence-corrected chi connectivity index (χ0v) is 9.54. The molecule has 0 spiro atoms. The first kappa shape index (κ1) is 11.9. The van der Waals surface area contributed by atoms with E-state index < -0.39 is 0 Å². The molecule has 82 valence electrons. The first-order valence-corrected chi connectivity index (χ1v) is 5.05. The van der Waals surface area contributed by atoms with Crippen molar-refractivity contribution in [1.29, 1.82) is 0 Å². The van der Waals surface area contributed by atoms with E-state index >= 15 is 0 Å². The van der Waals surface area contributed by atoms with Crippen LogP contribution >= 0.6 is 11.6 Å². The molecule has 1 aromatic carbocycles. The minimum absolute atomic E-state index is 0.00925. The molecule has 0 atom stereocenters. The zero-order chi connectivity index (χ0) is 11.4. The molecular formula is C11H15ClNO2+. The summed E-state index contributed by atoms with van der Waals surface area (Å²) < 4.78 is 0. The molecule has 0 amide bonds. The maximum absolute atomic E-state index is 9.69. The van der Waals surface area contributed by atoms with E-state index in [4.69, 9.17) is 11.6 Å². The summed E-state index contributed by atoms with van der Waals surface area (Å²) in [5.74, 6) is 0.0652. The van der Waals surface area contributed by atoms with Gasteiger partial charge in [-0.25, -0.2) is 0 Å². The molecule has 1 rings (SSSR count). The lowest BCUT2D eigenvalue weighted by atomic mass is 10.1. The van der Waals surface area contributed by atoms with E-state index in [1.807, 2.05) is 14.1 Å². The van der Waals surface area contributed by atoms with Gasteiger partial charge in [-0.2, -0.15) is 0 Å². The Labute approximate surface area is 94.2 Å². The molecule has 0 aliphatic heterocycles. The van der Waals surface area contributed by atoms with Gasteiger partial charge in [0.1, 0.15) is 11.5 Å². The van der Waals surface area contributed by atoms with Gasteiger partial charge in [0.05, 0.1) is 26.2 Å². The van der Waals surface area contributed by atoms with Crippen LogP contribution in [0.2, 0.25) is 5.02 Å². The second-order valence-corrected chi connectivity index (χ2v) is 4.10. The third-order valence-corrected chi connectivity index (χ3v) is 2.17. The molecule has 0 bridgehead atoms. The molecule has 0 saturated carbocycles. The highest BCUT2D eigenvalue weighted by Crippen LogP contribution is 2.26. The fraction of sp³-hybridized carbons (Fsp3) is 0.273. The lowest BCUT2D eigenvalue weighted by Crippen LogP contribution is -3.05. The number of aliphatic hydroxyl groups is 1. The third-order valence-electron chi connectivity index (χ3n) is 1.94. The summed E-state index contributed by atoms with van der Waals surface area (Å²) in [6, 6.07) is 4.63. The highest BCUT2D eigenvalue weighted by atomic mass is 35.5. The van der Waals surface area contributed by atoms with Crippen molar-refractivity contribution in [2.24, 2.45) is 0 Å². The van der Waals surface area contributed by atoms with Crippen LogP contribution < -0.4 is 4.90 Å². The quantitative estimate of drug-likeness (QED) is 0.679. The van der Waals surface area contributed by atoms with Crippen LogP contribution in [-0.4, -0.2) is 30.9 Å². The topological polar surface area (TPSA) is 44.9 Å². The first-order valence-electron chi connectivity index (χ1n) is 4.67. The Balaban J connectivity index is 2.91. The Morgan fingerprint density at radius 3 is 2.67 bits per heavy atom. The van der Waals surface area contributed by atoms with Crippen molar-refractivity contribution in [2.75, 3.05) is 20.6 Å². The van der Waals surface area contributed by atoms with Gasteiger partial charge in [0.15, 0.2) is 0 Å². The van der Waals surface area contributed by atoms with Crippen molar-refractivity contribution in [3.63, 3.8) is 0 Å². The normalized spacial score (nSPS) is 12.1. The van der Waals surface area contributed by atoms with Crippen molar-refractivity contribution >= 4 is 17.4 Å².